The van der Waals surface area contributed by atoms with E-state index in [0.29, 0.717) is 55.0 Å². The number of benzene rings is 3. The summed E-state index contributed by atoms with van der Waals surface area (Å²) in [5.41, 5.74) is 1.44. The van der Waals surface area contributed by atoms with Crippen LogP contribution in [0.1, 0.15) is 28.9 Å². The molecular formula is C25H24N2O7S. The zero-order chi connectivity index (χ0) is 24.4. The van der Waals surface area contributed by atoms with E-state index in [2.05, 4.69) is 10.0 Å². The Balaban J connectivity index is 1.29. The van der Waals surface area contributed by atoms with Gasteiger partial charge in [-0.25, -0.2) is 8.42 Å². The second kappa shape index (κ2) is 9.38. The summed E-state index contributed by atoms with van der Waals surface area (Å²) in [6, 6.07) is 16.0. The molecule has 2 N–H and O–H groups in total. The van der Waals surface area contributed by atoms with Gasteiger partial charge in [-0.1, -0.05) is 12.1 Å². The molecule has 35 heavy (non-hydrogen) atoms. The van der Waals surface area contributed by atoms with Gasteiger partial charge in [0.25, 0.3) is 15.9 Å². The molecule has 0 saturated carbocycles. The van der Waals surface area contributed by atoms with Gasteiger partial charge in [-0.15, -0.1) is 0 Å². The zero-order valence-corrected chi connectivity index (χ0v) is 19.8. The van der Waals surface area contributed by atoms with Crippen molar-refractivity contribution in [3.05, 3.63) is 71.8 Å². The third-order valence-electron chi connectivity index (χ3n) is 5.61. The van der Waals surface area contributed by atoms with Crippen molar-refractivity contribution in [2.75, 3.05) is 31.1 Å². The fraction of sp³-hybridized carbons (Fsp3) is 0.240. The average molecular weight is 497 g/mol. The lowest BCUT2D eigenvalue weighted by Crippen LogP contribution is -2.27. The van der Waals surface area contributed by atoms with Gasteiger partial charge in [-0.05, 0) is 55.0 Å². The van der Waals surface area contributed by atoms with E-state index in [1.807, 2.05) is 25.1 Å². The smallest absolute Gasteiger partial charge is 0.262 e. The van der Waals surface area contributed by atoms with Crippen molar-refractivity contribution in [1.29, 1.82) is 0 Å². The highest BCUT2D eigenvalue weighted by Crippen LogP contribution is 2.34. The Morgan fingerprint density at radius 3 is 2.14 bits per heavy atom. The summed E-state index contributed by atoms with van der Waals surface area (Å²) in [6.45, 7) is 3.61. The molecule has 2 heterocycles. The maximum Gasteiger partial charge on any atom is 0.262 e. The highest BCUT2D eigenvalue weighted by Gasteiger charge is 2.21. The second-order valence-electron chi connectivity index (χ2n) is 8.09. The van der Waals surface area contributed by atoms with Gasteiger partial charge in [0.1, 0.15) is 26.4 Å². The van der Waals surface area contributed by atoms with Gasteiger partial charge in [-0.2, -0.15) is 0 Å². The molecule has 0 bridgehead atoms. The van der Waals surface area contributed by atoms with Crippen molar-refractivity contribution in [3.8, 4) is 23.0 Å². The van der Waals surface area contributed by atoms with Gasteiger partial charge in [0.05, 0.1) is 10.9 Å². The number of ether oxygens (including phenoxy) is 4. The van der Waals surface area contributed by atoms with Crippen molar-refractivity contribution in [2.45, 2.75) is 17.9 Å². The number of rotatable bonds is 6. The van der Waals surface area contributed by atoms with Crippen molar-refractivity contribution < 1.29 is 32.2 Å². The van der Waals surface area contributed by atoms with Gasteiger partial charge in [0.2, 0.25) is 0 Å². The zero-order valence-electron chi connectivity index (χ0n) is 18.9. The summed E-state index contributed by atoms with van der Waals surface area (Å²) in [5.74, 6) is 1.86. The van der Waals surface area contributed by atoms with E-state index in [9.17, 15) is 13.2 Å². The van der Waals surface area contributed by atoms with Crippen molar-refractivity contribution in [1.82, 2.24) is 5.32 Å². The van der Waals surface area contributed by atoms with E-state index in [1.165, 1.54) is 18.2 Å². The van der Waals surface area contributed by atoms with Crippen LogP contribution in [0.3, 0.4) is 0 Å². The van der Waals surface area contributed by atoms with E-state index in [4.69, 9.17) is 18.9 Å². The van der Waals surface area contributed by atoms with Crippen LogP contribution < -0.4 is 29.0 Å². The first kappa shape index (κ1) is 22.9. The molecule has 3 aromatic carbocycles. The Bertz CT molecular complexity index is 1370. The summed E-state index contributed by atoms with van der Waals surface area (Å²) in [6.07, 6.45) is 0. The molecular weight excluding hydrogens is 472 g/mol. The van der Waals surface area contributed by atoms with Crippen molar-refractivity contribution in [2.24, 2.45) is 0 Å². The molecule has 0 radical (unpaired) electrons. The van der Waals surface area contributed by atoms with Gasteiger partial charge >= 0.3 is 0 Å². The summed E-state index contributed by atoms with van der Waals surface area (Å²) in [5, 5.41) is 2.93. The normalized spacial score (nSPS) is 15.1. The van der Waals surface area contributed by atoms with E-state index in [1.54, 1.807) is 24.3 Å². The van der Waals surface area contributed by atoms with E-state index >= 15 is 0 Å². The standard InChI is InChI=1S/C25H24N2O7S/c1-16(17-5-7-21-23(14-17)33-11-9-31-21)26-25(28)18-3-2-4-19(13-18)27-35(29,30)20-6-8-22-24(15-20)34-12-10-32-22/h2-8,13-16,27H,9-12H2,1H3,(H,26,28)/t16-/m1/s1. The van der Waals surface area contributed by atoms with Crippen molar-refractivity contribution in [3.63, 3.8) is 0 Å². The summed E-state index contributed by atoms with van der Waals surface area (Å²) >= 11 is 0. The minimum atomic E-state index is -3.91. The second-order valence-corrected chi connectivity index (χ2v) is 9.77. The predicted octanol–water partition coefficient (Wildman–Crippen LogP) is 3.52. The fourth-order valence-corrected chi connectivity index (χ4v) is 4.89. The Morgan fingerprint density at radius 2 is 1.43 bits per heavy atom. The lowest BCUT2D eigenvalue weighted by molar-refractivity contribution is 0.0939. The number of nitrogens with one attached hydrogen (secondary N) is 2. The summed E-state index contributed by atoms with van der Waals surface area (Å²) in [7, 11) is -3.91. The monoisotopic (exact) mass is 496 g/mol. The fourth-order valence-electron chi connectivity index (χ4n) is 3.82. The SMILES string of the molecule is C[C@@H](NC(=O)c1cccc(NS(=O)(=O)c2ccc3c(c2)OCCO3)c1)c1ccc2c(c1)OCCO2. The van der Waals surface area contributed by atoms with Gasteiger partial charge in [0.15, 0.2) is 23.0 Å². The first-order chi connectivity index (χ1) is 16.9. The number of hydrogen-bond donors (Lipinski definition) is 2. The molecule has 3 aromatic rings. The number of carbonyl (C=O) groups excluding carboxylic acids is 1. The topological polar surface area (TPSA) is 112 Å². The molecule has 2 aliphatic heterocycles. The third kappa shape index (κ3) is 4.97. The van der Waals surface area contributed by atoms with Crippen LogP contribution in [-0.2, 0) is 10.0 Å². The van der Waals surface area contributed by atoms with Crippen LogP contribution in [0.2, 0.25) is 0 Å². The highest BCUT2D eigenvalue weighted by molar-refractivity contribution is 7.92. The van der Waals surface area contributed by atoms with E-state index < -0.39 is 10.0 Å². The number of hydrogen-bond acceptors (Lipinski definition) is 7. The molecule has 0 aromatic heterocycles. The quantitative estimate of drug-likeness (QED) is 0.537. The van der Waals surface area contributed by atoms with Crippen LogP contribution in [0.4, 0.5) is 5.69 Å². The number of carbonyl (C=O) groups is 1. The molecule has 1 amide bonds. The molecule has 0 spiro atoms. The van der Waals surface area contributed by atoms with Crippen LogP contribution in [0.15, 0.2) is 65.6 Å². The predicted molar refractivity (Wildman–Crippen MR) is 128 cm³/mol. The molecule has 9 nitrogen and oxygen atoms in total. The summed E-state index contributed by atoms with van der Waals surface area (Å²) in [4.78, 5) is 12.9. The molecule has 0 saturated heterocycles. The number of anilines is 1. The maximum absolute atomic E-state index is 12.9. The maximum atomic E-state index is 12.9. The molecule has 1 atom stereocenters. The molecule has 0 unspecified atom stereocenters. The Morgan fingerprint density at radius 1 is 0.800 bits per heavy atom. The number of fused-ring (bicyclic) bond motifs is 2. The van der Waals surface area contributed by atoms with Gasteiger partial charge in [0, 0.05) is 17.3 Å². The molecule has 182 valence electrons. The lowest BCUT2D eigenvalue weighted by Gasteiger charge is -2.21. The molecule has 10 heteroatoms. The number of sulfonamides is 1. The minimum absolute atomic E-state index is 0.0313. The van der Waals surface area contributed by atoms with Gasteiger partial charge in [-0.3, -0.25) is 9.52 Å². The van der Waals surface area contributed by atoms with Crippen molar-refractivity contribution >= 4 is 21.6 Å². The first-order valence-corrected chi connectivity index (χ1v) is 12.6. The lowest BCUT2D eigenvalue weighted by atomic mass is 10.1. The van der Waals surface area contributed by atoms with E-state index in [0.717, 1.165) is 5.56 Å². The Hall–Kier alpha value is -3.92. The minimum Gasteiger partial charge on any atom is -0.486 e. The molecule has 0 fully saturated rings. The highest BCUT2D eigenvalue weighted by atomic mass is 32.2. The van der Waals surface area contributed by atoms with Crippen LogP contribution in [0, 0.1) is 0 Å². The van der Waals surface area contributed by atoms with Crippen LogP contribution >= 0.6 is 0 Å². The van der Waals surface area contributed by atoms with Gasteiger partial charge < -0.3 is 24.3 Å². The Labute approximate surface area is 203 Å². The molecule has 0 aliphatic carbocycles. The molecule has 5 rings (SSSR count). The largest absolute Gasteiger partial charge is 0.486 e. The first-order valence-electron chi connectivity index (χ1n) is 11.1. The van der Waals surface area contributed by atoms with Crippen LogP contribution in [0.25, 0.3) is 0 Å². The van der Waals surface area contributed by atoms with Crippen LogP contribution in [-0.4, -0.2) is 40.8 Å². The summed E-state index contributed by atoms with van der Waals surface area (Å²) < 4.78 is 50.4. The van der Waals surface area contributed by atoms with E-state index in [-0.39, 0.29) is 22.5 Å². The third-order valence-corrected chi connectivity index (χ3v) is 6.99. The Kier molecular flexibility index (Phi) is 6.12. The number of amides is 1. The average Bonchev–Trinajstić information content (AvgIpc) is 2.88. The van der Waals surface area contributed by atoms with Crippen LogP contribution in [0.5, 0.6) is 23.0 Å². The molecule has 2 aliphatic rings.